The number of aryl methyl sites for hydroxylation is 2. The van der Waals surface area contributed by atoms with Crippen molar-refractivity contribution >= 4 is 33.6 Å². The van der Waals surface area contributed by atoms with Gasteiger partial charge in [-0.3, -0.25) is 9.59 Å². The number of halogens is 1. The van der Waals surface area contributed by atoms with Crippen LogP contribution in [0.5, 0.6) is 0 Å². The lowest BCUT2D eigenvalue weighted by atomic mass is 10.1. The first-order valence-corrected chi connectivity index (χ1v) is 9.51. The number of hydrogen-bond donors (Lipinski definition) is 0. The van der Waals surface area contributed by atoms with Gasteiger partial charge in [-0.25, -0.2) is 0 Å². The molecule has 0 aromatic heterocycles. The summed E-state index contributed by atoms with van der Waals surface area (Å²) in [5, 5.41) is 0. The van der Waals surface area contributed by atoms with Crippen LogP contribution in [0.3, 0.4) is 0 Å². The highest BCUT2D eigenvalue weighted by atomic mass is 79.9. The summed E-state index contributed by atoms with van der Waals surface area (Å²) in [6.07, 6.45) is 7.10. The minimum absolute atomic E-state index is 0.270. The lowest BCUT2D eigenvalue weighted by molar-refractivity contribution is 0.0986. The highest BCUT2D eigenvalue weighted by Gasteiger charge is 2.19. The Morgan fingerprint density at radius 2 is 1.54 bits per heavy atom. The first kappa shape index (κ1) is 18.7. The first-order chi connectivity index (χ1) is 12.6. The Bertz CT molecular complexity index is 868. The number of carbonyl (C=O) groups is 2. The quantitative estimate of drug-likeness (QED) is 0.707. The molecule has 2 aliphatic carbocycles. The molecule has 26 heavy (non-hydrogen) atoms. The zero-order valence-electron chi connectivity index (χ0n) is 14.8. The number of methoxy groups -OCH3 is 1. The van der Waals surface area contributed by atoms with Crippen molar-refractivity contribution in [3.8, 4) is 0 Å². The van der Waals surface area contributed by atoms with Gasteiger partial charge in [0.15, 0.2) is 11.6 Å². The van der Waals surface area contributed by atoms with E-state index >= 15 is 0 Å². The fraction of sp³-hybridized carbons (Fsp3) is 0.273. The van der Waals surface area contributed by atoms with Gasteiger partial charge >= 0.3 is 0 Å². The molecule has 2 aromatic carbocycles. The first-order valence-electron chi connectivity index (χ1n) is 8.71. The predicted octanol–water partition coefficient (Wildman–Crippen LogP) is 5.05. The van der Waals surface area contributed by atoms with Crippen LogP contribution in [0.15, 0.2) is 46.9 Å². The number of rotatable bonds is 3. The van der Waals surface area contributed by atoms with E-state index in [1.807, 2.05) is 48.6 Å². The standard InChI is InChI=1S/C13H14O2.C9H7BrO/c1-15-8-2-3-10-4-5-11-6-7-13(14)12(11)9-10;10-7-3-1-6-2-4-9(11)8(6)5-7/h2-5,9H,6-8H2,1H3;1,3,5H,2,4H2/b3-2+;. The molecule has 0 aliphatic heterocycles. The van der Waals surface area contributed by atoms with E-state index in [1.54, 1.807) is 7.11 Å². The van der Waals surface area contributed by atoms with Crippen LogP contribution in [0.2, 0.25) is 0 Å². The summed E-state index contributed by atoms with van der Waals surface area (Å²) in [4.78, 5) is 22.7. The van der Waals surface area contributed by atoms with Gasteiger partial charge in [0.2, 0.25) is 0 Å². The molecule has 0 spiro atoms. The smallest absolute Gasteiger partial charge is 0.163 e. The van der Waals surface area contributed by atoms with Gasteiger partial charge in [-0.05, 0) is 47.7 Å². The molecule has 0 heterocycles. The summed E-state index contributed by atoms with van der Waals surface area (Å²) < 4.78 is 5.92. The second kappa shape index (κ2) is 8.56. The van der Waals surface area contributed by atoms with Crippen LogP contribution >= 0.6 is 15.9 Å². The predicted molar refractivity (Wildman–Crippen MR) is 107 cm³/mol. The van der Waals surface area contributed by atoms with E-state index in [9.17, 15) is 9.59 Å². The molecule has 2 aliphatic rings. The molecule has 0 saturated carbocycles. The number of carbonyl (C=O) groups excluding carboxylic acids is 2. The molecule has 0 atom stereocenters. The van der Waals surface area contributed by atoms with Crippen LogP contribution in [-0.4, -0.2) is 25.3 Å². The van der Waals surface area contributed by atoms with E-state index < -0.39 is 0 Å². The van der Waals surface area contributed by atoms with Gasteiger partial charge in [-0.1, -0.05) is 46.3 Å². The van der Waals surface area contributed by atoms with Gasteiger partial charge in [0, 0.05) is 35.6 Å². The van der Waals surface area contributed by atoms with Gasteiger partial charge in [-0.2, -0.15) is 0 Å². The van der Waals surface area contributed by atoms with Crippen molar-refractivity contribution in [3.63, 3.8) is 0 Å². The number of ketones is 2. The van der Waals surface area contributed by atoms with Crippen LogP contribution in [-0.2, 0) is 17.6 Å². The second-order valence-electron chi connectivity index (χ2n) is 6.42. The summed E-state index contributed by atoms with van der Waals surface area (Å²) in [5.74, 6) is 0.549. The summed E-state index contributed by atoms with van der Waals surface area (Å²) in [6, 6.07) is 12.0. The molecular weight excluding hydrogens is 392 g/mol. The van der Waals surface area contributed by atoms with Crippen molar-refractivity contribution in [3.05, 3.63) is 74.8 Å². The summed E-state index contributed by atoms with van der Waals surface area (Å²) in [5.41, 5.74) is 5.25. The summed E-state index contributed by atoms with van der Waals surface area (Å²) in [6.45, 7) is 0.602. The molecule has 3 nitrogen and oxygen atoms in total. The Morgan fingerprint density at radius 1 is 0.923 bits per heavy atom. The topological polar surface area (TPSA) is 43.4 Å². The maximum atomic E-state index is 11.5. The molecule has 4 heteroatoms. The maximum absolute atomic E-state index is 11.5. The molecule has 0 N–H and O–H groups in total. The van der Waals surface area contributed by atoms with Crippen molar-refractivity contribution in [1.29, 1.82) is 0 Å². The van der Waals surface area contributed by atoms with Crippen molar-refractivity contribution in [2.45, 2.75) is 25.7 Å². The minimum Gasteiger partial charge on any atom is -0.381 e. The Morgan fingerprint density at radius 3 is 2.19 bits per heavy atom. The number of ether oxygens (including phenoxy) is 1. The molecule has 0 radical (unpaired) electrons. The third-order valence-electron chi connectivity index (χ3n) is 4.62. The number of benzene rings is 2. The van der Waals surface area contributed by atoms with E-state index in [4.69, 9.17) is 4.74 Å². The molecule has 134 valence electrons. The van der Waals surface area contributed by atoms with Crippen LogP contribution in [0.4, 0.5) is 0 Å². The largest absolute Gasteiger partial charge is 0.381 e. The monoisotopic (exact) mass is 412 g/mol. The van der Waals surface area contributed by atoms with E-state index in [1.165, 1.54) is 11.1 Å². The fourth-order valence-corrected chi connectivity index (χ4v) is 3.61. The molecule has 4 rings (SSSR count). The lowest BCUT2D eigenvalue weighted by Crippen LogP contribution is -1.91. The van der Waals surface area contributed by atoms with Crippen LogP contribution in [0.1, 0.15) is 50.2 Å². The normalized spacial score (nSPS) is 15.0. The van der Waals surface area contributed by atoms with Crippen molar-refractivity contribution in [2.75, 3.05) is 13.7 Å². The molecule has 0 fully saturated rings. The number of fused-ring (bicyclic) bond motifs is 2. The third kappa shape index (κ3) is 4.37. The average molecular weight is 413 g/mol. The average Bonchev–Trinajstić information content (AvgIpc) is 3.19. The Hall–Kier alpha value is -2.04. The van der Waals surface area contributed by atoms with Gasteiger partial charge in [0.1, 0.15) is 0 Å². The molecule has 0 saturated heterocycles. The molecule has 0 amide bonds. The molecule has 0 bridgehead atoms. The van der Waals surface area contributed by atoms with Crippen molar-refractivity contribution in [2.24, 2.45) is 0 Å². The van der Waals surface area contributed by atoms with Gasteiger partial charge in [-0.15, -0.1) is 0 Å². The number of Topliss-reactive ketones (excluding diaryl/α,β-unsaturated/α-hetero) is 2. The second-order valence-corrected chi connectivity index (χ2v) is 7.34. The highest BCUT2D eigenvalue weighted by Crippen LogP contribution is 2.25. The van der Waals surface area contributed by atoms with Gasteiger partial charge in [0.25, 0.3) is 0 Å². The Balaban J connectivity index is 0.000000158. The van der Waals surface area contributed by atoms with Gasteiger partial charge < -0.3 is 4.74 Å². The van der Waals surface area contributed by atoms with E-state index in [2.05, 4.69) is 15.9 Å². The zero-order valence-corrected chi connectivity index (χ0v) is 16.3. The van der Waals surface area contributed by atoms with E-state index in [0.29, 0.717) is 19.4 Å². The Kier molecular flexibility index (Phi) is 6.17. The van der Waals surface area contributed by atoms with Crippen LogP contribution in [0, 0.1) is 0 Å². The van der Waals surface area contributed by atoms with Crippen LogP contribution < -0.4 is 0 Å². The molecular formula is C22H21BrO3. The third-order valence-corrected chi connectivity index (χ3v) is 5.12. The van der Waals surface area contributed by atoms with Crippen molar-refractivity contribution in [1.82, 2.24) is 0 Å². The van der Waals surface area contributed by atoms with E-state index in [-0.39, 0.29) is 11.6 Å². The minimum atomic E-state index is 0.270. The maximum Gasteiger partial charge on any atom is 0.163 e. The molecule has 0 unspecified atom stereocenters. The van der Waals surface area contributed by atoms with Gasteiger partial charge in [0.05, 0.1) is 6.61 Å². The van der Waals surface area contributed by atoms with E-state index in [0.717, 1.165) is 34.0 Å². The SMILES string of the molecule is COC/C=C/c1ccc2c(c1)C(=O)CC2.O=C1CCc2ccc(Br)cc21. The highest BCUT2D eigenvalue weighted by molar-refractivity contribution is 9.10. The van der Waals surface area contributed by atoms with Crippen LogP contribution in [0.25, 0.3) is 6.08 Å². The zero-order chi connectivity index (χ0) is 18.5. The number of hydrogen-bond acceptors (Lipinski definition) is 3. The van der Waals surface area contributed by atoms with Crippen molar-refractivity contribution < 1.29 is 14.3 Å². The fourth-order valence-electron chi connectivity index (χ4n) is 3.25. The molecule has 2 aromatic rings. The Labute approximate surface area is 162 Å². The summed E-state index contributed by atoms with van der Waals surface area (Å²) in [7, 11) is 1.66. The summed E-state index contributed by atoms with van der Waals surface area (Å²) >= 11 is 3.34. The lowest BCUT2D eigenvalue weighted by Gasteiger charge is -1.99.